The van der Waals surface area contributed by atoms with Gasteiger partial charge >= 0.3 is 0 Å². The largest absolute Gasteiger partial charge is 0.449 e. The summed E-state index contributed by atoms with van der Waals surface area (Å²) in [7, 11) is 1.73. The van der Waals surface area contributed by atoms with Crippen LogP contribution in [0.5, 0.6) is 0 Å². The first-order valence-corrected chi connectivity index (χ1v) is 11.6. The highest BCUT2D eigenvalue weighted by Gasteiger charge is 2.44. The lowest BCUT2D eigenvalue weighted by Gasteiger charge is -2.44. The number of carbonyl (C=O) groups is 2. The Bertz CT molecular complexity index is 1090. The van der Waals surface area contributed by atoms with Crippen LogP contribution in [0.3, 0.4) is 0 Å². The van der Waals surface area contributed by atoms with E-state index in [-0.39, 0.29) is 41.7 Å². The van der Waals surface area contributed by atoms with Crippen molar-refractivity contribution in [1.82, 2.24) is 14.8 Å². The van der Waals surface area contributed by atoms with Crippen molar-refractivity contribution in [3.05, 3.63) is 29.2 Å². The molecule has 2 fully saturated rings. The molecule has 8 heteroatoms. The third kappa shape index (κ3) is 4.24. The summed E-state index contributed by atoms with van der Waals surface area (Å²) in [5.74, 6) is -2.98. The number of hydrogen-bond donors (Lipinski definition) is 0. The minimum atomic E-state index is -2.60. The molecule has 4 rings (SSSR count). The first-order valence-electron chi connectivity index (χ1n) is 11.6. The molecule has 180 valence electrons. The molecule has 1 aliphatic heterocycles. The number of pyridine rings is 1. The molecule has 2 amide bonds. The Kier molecular flexibility index (Phi) is 5.57. The van der Waals surface area contributed by atoms with Gasteiger partial charge < -0.3 is 14.2 Å². The van der Waals surface area contributed by atoms with Crippen molar-refractivity contribution in [2.24, 2.45) is 0 Å². The van der Waals surface area contributed by atoms with E-state index in [4.69, 9.17) is 9.40 Å². The van der Waals surface area contributed by atoms with Gasteiger partial charge in [0.15, 0.2) is 11.3 Å². The number of halogens is 2. The third-order valence-electron chi connectivity index (χ3n) is 7.10. The van der Waals surface area contributed by atoms with Crippen molar-refractivity contribution in [3.8, 4) is 0 Å². The van der Waals surface area contributed by atoms with E-state index in [0.29, 0.717) is 37.0 Å². The summed E-state index contributed by atoms with van der Waals surface area (Å²) in [4.78, 5) is 34.0. The molecule has 33 heavy (non-hydrogen) atoms. The van der Waals surface area contributed by atoms with Crippen molar-refractivity contribution >= 4 is 22.9 Å². The van der Waals surface area contributed by atoms with E-state index in [1.807, 2.05) is 26.8 Å². The summed E-state index contributed by atoms with van der Waals surface area (Å²) in [5.41, 5.74) is 1.48. The van der Waals surface area contributed by atoms with E-state index in [1.54, 1.807) is 36.8 Å². The predicted molar refractivity (Wildman–Crippen MR) is 122 cm³/mol. The number of alkyl halides is 2. The molecule has 2 aromatic rings. The number of rotatable bonds is 2. The van der Waals surface area contributed by atoms with Gasteiger partial charge in [-0.3, -0.25) is 9.59 Å². The summed E-state index contributed by atoms with van der Waals surface area (Å²) < 4.78 is 33.5. The first kappa shape index (κ1) is 23.6. The molecule has 0 unspecified atom stereocenters. The minimum Gasteiger partial charge on any atom is -0.449 e. The second-order valence-electron chi connectivity index (χ2n) is 11.0. The Morgan fingerprint density at radius 1 is 1.15 bits per heavy atom. The first-order chi connectivity index (χ1) is 15.2. The fourth-order valence-corrected chi connectivity index (χ4v) is 4.95. The quantitative estimate of drug-likeness (QED) is 0.623. The van der Waals surface area contributed by atoms with Gasteiger partial charge in [-0.25, -0.2) is 13.8 Å². The summed E-state index contributed by atoms with van der Waals surface area (Å²) in [5, 5.41) is 0. The number of likely N-dealkylation sites (N-methyl/N-ethyl adjacent to an activating group) is 1. The summed E-state index contributed by atoms with van der Waals surface area (Å²) in [6, 6.07) is 3.59. The minimum absolute atomic E-state index is 0.0432. The van der Waals surface area contributed by atoms with Crippen molar-refractivity contribution in [3.63, 3.8) is 0 Å². The lowest BCUT2D eigenvalue weighted by molar-refractivity contribution is -0.144. The Hall–Kier alpha value is -2.51. The summed E-state index contributed by atoms with van der Waals surface area (Å²) in [6.45, 7) is 10.5. The lowest BCUT2D eigenvalue weighted by atomic mass is 9.81. The maximum Gasteiger partial charge on any atom is 0.290 e. The van der Waals surface area contributed by atoms with Crippen LogP contribution in [0.25, 0.3) is 11.1 Å². The van der Waals surface area contributed by atoms with E-state index in [0.717, 1.165) is 11.3 Å². The van der Waals surface area contributed by atoms with Gasteiger partial charge in [-0.05, 0) is 38.2 Å². The molecule has 2 aliphatic rings. The maximum atomic E-state index is 13.7. The second kappa shape index (κ2) is 7.77. The van der Waals surface area contributed by atoms with Crippen molar-refractivity contribution in [1.29, 1.82) is 0 Å². The molecule has 0 radical (unpaired) electrons. The highest BCUT2D eigenvalue weighted by Crippen LogP contribution is 2.42. The zero-order valence-corrected chi connectivity index (χ0v) is 20.3. The highest BCUT2D eigenvalue weighted by molar-refractivity contribution is 6.00. The second-order valence-corrected chi connectivity index (χ2v) is 11.0. The number of amides is 2. The van der Waals surface area contributed by atoms with Crippen LogP contribution in [0.4, 0.5) is 8.78 Å². The molecular weight excluding hydrogens is 428 g/mol. The van der Waals surface area contributed by atoms with Gasteiger partial charge in [-0.1, -0.05) is 20.8 Å². The van der Waals surface area contributed by atoms with Gasteiger partial charge in [-0.15, -0.1) is 0 Å². The highest BCUT2D eigenvalue weighted by atomic mass is 19.3. The topological polar surface area (TPSA) is 66.7 Å². The van der Waals surface area contributed by atoms with Crippen LogP contribution in [0.1, 0.15) is 88.0 Å². The van der Waals surface area contributed by atoms with Crippen LogP contribution in [0, 0.1) is 0 Å². The van der Waals surface area contributed by atoms with Crippen molar-refractivity contribution in [2.45, 2.75) is 83.1 Å². The SMILES string of the molecule is CN1CCN(C(=O)c2cc3nc(C4CCC(F)(F)CC4)cc(C(C)(C)C)c3o2)C(C)(C)C1=O. The number of furan rings is 1. The smallest absolute Gasteiger partial charge is 0.290 e. The van der Waals surface area contributed by atoms with E-state index >= 15 is 0 Å². The summed E-state index contributed by atoms with van der Waals surface area (Å²) in [6.07, 6.45) is 0.500. The number of piperazine rings is 1. The van der Waals surface area contributed by atoms with Crippen LogP contribution < -0.4 is 0 Å². The van der Waals surface area contributed by atoms with Crippen molar-refractivity contribution < 1.29 is 22.8 Å². The van der Waals surface area contributed by atoms with Gasteiger partial charge in [-0.2, -0.15) is 0 Å². The van der Waals surface area contributed by atoms with E-state index in [1.165, 1.54) is 0 Å². The average Bonchev–Trinajstić information content (AvgIpc) is 3.14. The van der Waals surface area contributed by atoms with Gasteiger partial charge in [0.2, 0.25) is 11.8 Å². The van der Waals surface area contributed by atoms with Crippen molar-refractivity contribution in [2.75, 3.05) is 20.1 Å². The molecule has 3 heterocycles. The van der Waals surface area contributed by atoms with Crippen LogP contribution in [0.2, 0.25) is 0 Å². The molecule has 1 aliphatic carbocycles. The van der Waals surface area contributed by atoms with Gasteiger partial charge in [0.25, 0.3) is 5.91 Å². The van der Waals surface area contributed by atoms with E-state index < -0.39 is 11.5 Å². The number of aromatic nitrogens is 1. The number of carbonyl (C=O) groups excluding carboxylic acids is 2. The molecule has 1 saturated heterocycles. The van der Waals surface area contributed by atoms with Crippen LogP contribution in [-0.4, -0.2) is 58.2 Å². The molecule has 0 N–H and O–H groups in total. The molecule has 1 saturated carbocycles. The summed E-state index contributed by atoms with van der Waals surface area (Å²) >= 11 is 0. The van der Waals surface area contributed by atoms with E-state index in [2.05, 4.69) is 0 Å². The Morgan fingerprint density at radius 2 is 1.79 bits per heavy atom. The third-order valence-corrected chi connectivity index (χ3v) is 7.10. The van der Waals surface area contributed by atoms with Crippen LogP contribution in [-0.2, 0) is 10.2 Å². The molecule has 6 nitrogen and oxygen atoms in total. The fourth-order valence-electron chi connectivity index (χ4n) is 4.95. The molecule has 0 spiro atoms. The zero-order chi connectivity index (χ0) is 24.3. The molecule has 0 atom stereocenters. The monoisotopic (exact) mass is 461 g/mol. The normalized spacial score (nSPS) is 21.6. The zero-order valence-electron chi connectivity index (χ0n) is 20.3. The molecule has 0 aromatic carbocycles. The average molecular weight is 462 g/mol. The number of nitrogens with zero attached hydrogens (tertiary/aromatic N) is 3. The van der Waals surface area contributed by atoms with Gasteiger partial charge in [0.05, 0.1) is 0 Å². The lowest BCUT2D eigenvalue weighted by Crippen LogP contribution is -2.63. The van der Waals surface area contributed by atoms with Crippen LogP contribution in [0.15, 0.2) is 16.5 Å². The standard InChI is InChI=1S/C25H33F2N3O3/c1-23(2,3)16-13-17(15-7-9-25(26,27)10-8-15)28-18-14-19(33-20(16)18)21(31)30-12-11-29(6)22(32)24(30,4)5/h13-15H,7-12H2,1-6H3. The van der Waals surface area contributed by atoms with Crippen LogP contribution >= 0.6 is 0 Å². The molecule has 0 bridgehead atoms. The van der Waals surface area contributed by atoms with Gasteiger partial charge in [0, 0.05) is 56.2 Å². The Labute approximate surface area is 193 Å². The Balaban J connectivity index is 1.73. The number of hydrogen-bond acceptors (Lipinski definition) is 4. The van der Waals surface area contributed by atoms with E-state index in [9.17, 15) is 18.4 Å². The fraction of sp³-hybridized carbons (Fsp3) is 0.640. The molecular formula is C25H33F2N3O3. The number of fused-ring (bicyclic) bond motifs is 1. The Morgan fingerprint density at radius 3 is 2.39 bits per heavy atom. The van der Waals surface area contributed by atoms with Gasteiger partial charge in [0.1, 0.15) is 11.1 Å². The molecule has 2 aromatic heterocycles. The maximum absolute atomic E-state index is 13.7. The predicted octanol–water partition coefficient (Wildman–Crippen LogP) is 5.11.